The van der Waals surface area contributed by atoms with Crippen molar-refractivity contribution < 1.29 is 0 Å². The molecule has 1 aliphatic rings. The summed E-state index contributed by atoms with van der Waals surface area (Å²) in [7, 11) is 0. The monoisotopic (exact) mass is 149 g/mol. The van der Waals surface area contributed by atoms with Crippen LogP contribution < -0.4 is 11.3 Å². The summed E-state index contributed by atoms with van der Waals surface area (Å²) in [4.78, 5) is 4.32. The predicted molar refractivity (Wildman–Crippen MR) is 44.0 cm³/mol. The number of pyridine rings is 1. The maximum atomic E-state index is 5.23. The summed E-state index contributed by atoms with van der Waals surface area (Å²) in [5.74, 6) is 6.68. The van der Waals surface area contributed by atoms with Crippen molar-refractivity contribution >= 4 is 5.82 Å². The van der Waals surface area contributed by atoms with Gasteiger partial charge in [-0.1, -0.05) is 6.07 Å². The molecule has 1 heterocycles. The topological polar surface area (TPSA) is 50.9 Å². The molecule has 3 N–H and O–H groups in total. The maximum Gasteiger partial charge on any atom is 0.140 e. The number of hydrogen-bond donors (Lipinski definition) is 2. The second-order valence-corrected chi connectivity index (χ2v) is 2.87. The Bertz CT molecular complexity index is 255. The first-order valence-corrected chi connectivity index (χ1v) is 3.84. The van der Waals surface area contributed by atoms with Crippen molar-refractivity contribution in [3.8, 4) is 0 Å². The molecule has 11 heavy (non-hydrogen) atoms. The fourth-order valence-electron chi connectivity index (χ4n) is 1.14. The van der Waals surface area contributed by atoms with Gasteiger partial charge in [-0.05, 0) is 25.0 Å². The number of aromatic nitrogens is 1. The first-order valence-electron chi connectivity index (χ1n) is 3.84. The van der Waals surface area contributed by atoms with Crippen LogP contribution in [0.5, 0.6) is 0 Å². The predicted octanol–water partition coefficient (Wildman–Crippen LogP) is 1.24. The average Bonchev–Trinajstić information content (AvgIpc) is 2.87. The van der Waals surface area contributed by atoms with Crippen LogP contribution in [-0.4, -0.2) is 4.98 Å². The Balaban J connectivity index is 2.26. The molecule has 58 valence electrons. The van der Waals surface area contributed by atoms with Gasteiger partial charge in [0.05, 0.1) is 0 Å². The molecule has 3 heteroatoms. The van der Waals surface area contributed by atoms with Crippen LogP contribution in [0.3, 0.4) is 0 Å². The lowest BCUT2D eigenvalue weighted by atomic mass is 10.2. The van der Waals surface area contributed by atoms with Crippen molar-refractivity contribution in [1.82, 2.24) is 4.98 Å². The van der Waals surface area contributed by atoms with Crippen LogP contribution in [0.1, 0.15) is 24.5 Å². The summed E-state index contributed by atoms with van der Waals surface area (Å²) in [6.07, 6.45) is 2.56. The number of nitrogen functional groups attached to an aromatic ring is 1. The fourth-order valence-corrected chi connectivity index (χ4v) is 1.14. The van der Waals surface area contributed by atoms with Crippen LogP contribution in [-0.2, 0) is 0 Å². The van der Waals surface area contributed by atoms with Gasteiger partial charge in [0.25, 0.3) is 0 Å². The number of hydrazine groups is 1. The standard InChI is InChI=1S/C8H11N3/c9-11-8-3-1-2-7(10-8)6-4-5-6/h1-3,6H,4-5,9H2,(H,10,11). The number of anilines is 1. The molecule has 1 aromatic rings. The molecule has 0 spiro atoms. The Labute approximate surface area is 65.6 Å². The zero-order valence-electron chi connectivity index (χ0n) is 6.25. The van der Waals surface area contributed by atoms with Crippen molar-refractivity contribution in [2.24, 2.45) is 5.84 Å². The van der Waals surface area contributed by atoms with Crippen LogP contribution in [0.4, 0.5) is 5.82 Å². The molecule has 0 bridgehead atoms. The molecular weight excluding hydrogens is 138 g/mol. The van der Waals surface area contributed by atoms with E-state index in [2.05, 4.69) is 16.5 Å². The zero-order chi connectivity index (χ0) is 7.68. The molecule has 2 rings (SSSR count). The van der Waals surface area contributed by atoms with E-state index >= 15 is 0 Å². The molecule has 0 aromatic carbocycles. The normalized spacial score (nSPS) is 16.5. The molecule has 0 atom stereocenters. The average molecular weight is 149 g/mol. The Morgan fingerprint density at radius 1 is 1.45 bits per heavy atom. The highest BCUT2D eigenvalue weighted by atomic mass is 15.2. The van der Waals surface area contributed by atoms with Crippen LogP contribution >= 0.6 is 0 Å². The van der Waals surface area contributed by atoms with E-state index in [0.717, 1.165) is 5.82 Å². The van der Waals surface area contributed by atoms with E-state index in [0.29, 0.717) is 5.92 Å². The Morgan fingerprint density at radius 3 is 2.91 bits per heavy atom. The highest BCUT2D eigenvalue weighted by Gasteiger charge is 2.24. The van der Waals surface area contributed by atoms with Crippen LogP contribution in [0.2, 0.25) is 0 Å². The second-order valence-electron chi connectivity index (χ2n) is 2.87. The first kappa shape index (κ1) is 6.61. The number of nitrogens with one attached hydrogen (secondary N) is 1. The van der Waals surface area contributed by atoms with Crippen molar-refractivity contribution in [1.29, 1.82) is 0 Å². The van der Waals surface area contributed by atoms with Crippen LogP contribution in [0, 0.1) is 0 Å². The molecule has 1 aliphatic carbocycles. The van der Waals surface area contributed by atoms with Crippen molar-refractivity contribution in [3.05, 3.63) is 23.9 Å². The van der Waals surface area contributed by atoms with E-state index in [9.17, 15) is 0 Å². The van der Waals surface area contributed by atoms with E-state index < -0.39 is 0 Å². The summed E-state index contributed by atoms with van der Waals surface area (Å²) in [6.45, 7) is 0. The summed E-state index contributed by atoms with van der Waals surface area (Å²) >= 11 is 0. The SMILES string of the molecule is NNc1cccc(C2CC2)n1. The molecule has 1 fully saturated rings. The quantitative estimate of drug-likeness (QED) is 0.491. The molecule has 1 saturated carbocycles. The fraction of sp³-hybridized carbons (Fsp3) is 0.375. The Morgan fingerprint density at radius 2 is 2.27 bits per heavy atom. The lowest BCUT2D eigenvalue weighted by molar-refractivity contribution is 1.02. The molecule has 1 aromatic heterocycles. The van der Waals surface area contributed by atoms with Gasteiger partial charge in [0, 0.05) is 11.6 Å². The highest BCUT2D eigenvalue weighted by molar-refractivity contribution is 5.35. The van der Waals surface area contributed by atoms with Crippen LogP contribution in [0.25, 0.3) is 0 Å². The molecule has 0 saturated heterocycles. The lowest BCUT2D eigenvalue weighted by Crippen LogP contribution is -2.08. The van der Waals surface area contributed by atoms with Crippen molar-refractivity contribution in [3.63, 3.8) is 0 Å². The third-order valence-corrected chi connectivity index (χ3v) is 1.91. The Kier molecular flexibility index (Phi) is 1.51. The van der Waals surface area contributed by atoms with Gasteiger partial charge in [-0.25, -0.2) is 10.8 Å². The summed E-state index contributed by atoms with van der Waals surface area (Å²) in [5.41, 5.74) is 3.71. The van der Waals surface area contributed by atoms with E-state index in [1.54, 1.807) is 0 Å². The van der Waals surface area contributed by atoms with Gasteiger partial charge >= 0.3 is 0 Å². The number of nitrogens with two attached hydrogens (primary N) is 1. The van der Waals surface area contributed by atoms with Gasteiger partial charge < -0.3 is 5.43 Å². The second kappa shape index (κ2) is 2.51. The van der Waals surface area contributed by atoms with Gasteiger partial charge in [0.1, 0.15) is 5.82 Å². The lowest BCUT2D eigenvalue weighted by Gasteiger charge is -2.00. The zero-order valence-corrected chi connectivity index (χ0v) is 6.25. The van der Waals surface area contributed by atoms with E-state index in [4.69, 9.17) is 5.84 Å². The largest absolute Gasteiger partial charge is 0.308 e. The smallest absolute Gasteiger partial charge is 0.140 e. The summed E-state index contributed by atoms with van der Waals surface area (Å²) in [5, 5.41) is 0. The molecule has 0 radical (unpaired) electrons. The van der Waals surface area contributed by atoms with Crippen LogP contribution in [0.15, 0.2) is 18.2 Å². The van der Waals surface area contributed by atoms with Gasteiger partial charge in [-0.3, -0.25) is 0 Å². The van der Waals surface area contributed by atoms with E-state index in [-0.39, 0.29) is 0 Å². The summed E-state index contributed by atoms with van der Waals surface area (Å²) in [6, 6.07) is 5.90. The van der Waals surface area contributed by atoms with E-state index in [1.165, 1.54) is 18.5 Å². The molecule has 0 aliphatic heterocycles. The third-order valence-electron chi connectivity index (χ3n) is 1.91. The minimum absolute atomic E-state index is 0.697. The summed E-state index contributed by atoms with van der Waals surface area (Å²) < 4.78 is 0. The van der Waals surface area contributed by atoms with Gasteiger partial charge in [0.2, 0.25) is 0 Å². The van der Waals surface area contributed by atoms with Gasteiger partial charge in [-0.2, -0.15) is 0 Å². The Hall–Kier alpha value is -1.09. The minimum Gasteiger partial charge on any atom is -0.308 e. The maximum absolute atomic E-state index is 5.23. The third kappa shape index (κ3) is 1.33. The number of rotatable bonds is 2. The minimum atomic E-state index is 0.697. The molecule has 0 unspecified atom stereocenters. The first-order chi connectivity index (χ1) is 5.40. The molecule has 0 amide bonds. The van der Waals surface area contributed by atoms with E-state index in [1.807, 2.05) is 12.1 Å². The van der Waals surface area contributed by atoms with Crippen molar-refractivity contribution in [2.45, 2.75) is 18.8 Å². The number of hydrogen-bond acceptors (Lipinski definition) is 3. The van der Waals surface area contributed by atoms with Gasteiger partial charge in [-0.15, -0.1) is 0 Å². The molecular formula is C8H11N3. The highest BCUT2D eigenvalue weighted by Crippen LogP contribution is 2.39. The number of nitrogens with zero attached hydrogens (tertiary/aromatic N) is 1. The molecule has 3 nitrogen and oxygen atoms in total. The van der Waals surface area contributed by atoms with Gasteiger partial charge in [0.15, 0.2) is 0 Å². The van der Waals surface area contributed by atoms with Crippen molar-refractivity contribution in [2.75, 3.05) is 5.43 Å².